The molecule has 0 saturated carbocycles. The summed E-state index contributed by atoms with van der Waals surface area (Å²) in [6, 6.07) is 5.26. The fourth-order valence-corrected chi connectivity index (χ4v) is 6.08. The van der Waals surface area contributed by atoms with Gasteiger partial charge in [-0.15, -0.1) is 11.3 Å². The van der Waals surface area contributed by atoms with Crippen LogP contribution in [-0.4, -0.2) is 52.3 Å². The van der Waals surface area contributed by atoms with Crippen molar-refractivity contribution < 1.29 is 12.8 Å². The van der Waals surface area contributed by atoms with E-state index < -0.39 is 21.9 Å². The first-order valence-electron chi connectivity index (χ1n) is 10.7. The quantitative estimate of drug-likeness (QED) is 0.536. The molecule has 3 aromatic rings. The summed E-state index contributed by atoms with van der Waals surface area (Å²) in [6.07, 6.45) is 3.99. The topological polar surface area (TPSA) is 92.5 Å². The molecule has 1 saturated heterocycles. The Morgan fingerprint density at radius 1 is 1.32 bits per heavy atom. The number of aryl methyl sites for hydroxylation is 1. The molecule has 2 aromatic heterocycles. The van der Waals surface area contributed by atoms with Crippen LogP contribution in [0.5, 0.6) is 0 Å². The zero-order valence-corrected chi connectivity index (χ0v) is 20.8. The van der Waals surface area contributed by atoms with E-state index in [0.29, 0.717) is 35.1 Å². The number of nitrogens with one attached hydrogen (secondary N) is 1. The third-order valence-electron chi connectivity index (χ3n) is 5.86. The number of hydrogen-bond acceptors (Lipinski definition) is 7. The lowest BCUT2D eigenvalue weighted by molar-refractivity contribution is 0.518. The summed E-state index contributed by atoms with van der Waals surface area (Å²) in [5, 5.41) is 7.45. The van der Waals surface area contributed by atoms with Gasteiger partial charge in [0.2, 0.25) is 10.0 Å². The van der Waals surface area contributed by atoms with Crippen molar-refractivity contribution >= 4 is 44.4 Å². The van der Waals surface area contributed by atoms with Gasteiger partial charge in [-0.05, 0) is 25.1 Å². The Hall–Kier alpha value is -2.60. The molecular weight excluding hydrogens is 499 g/mol. The van der Waals surface area contributed by atoms with Gasteiger partial charge in [0.25, 0.3) is 0 Å². The summed E-state index contributed by atoms with van der Waals surface area (Å²) in [6.45, 7) is 2.02. The van der Waals surface area contributed by atoms with E-state index in [1.165, 1.54) is 23.5 Å². The lowest BCUT2D eigenvalue weighted by Gasteiger charge is -2.32. The summed E-state index contributed by atoms with van der Waals surface area (Å²) in [5.74, 6) is 0.196. The van der Waals surface area contributed by atoms with Crippen LogP contribution in [0, 0.1) is 5.82 Å². The van der Waals surface area contributed by atoms with Gasteiger partial charge in [-0.2, -0.15) is 5.10 Å². The minimum absolute atomic E-state index is 0.00309. The van der Waals surface area contributed by atoms with Crippen LogP contribution < -0.4 is 4.72 Å². The van der Waals surface area contributed by atoms with Crippen LogP contribution in [0.15, 0.2) is 52.7 Å². The van der Waals surface area contributed by atoms with Crippen molar-refractivity contribution in [2.75, 3.05) is 12.3 Å². The van der Waals surface area contributed by atoms with E-state index in [-0.39, 0.29) is 16.8 Å². The smallest absolute Gasteiger partial charge is 0.211 e. The van der Waals surface area contributed by atoms with Gasteiger partial charge >= 0.3 is 0 Å². The molecule has 12 heteroatoms. The fraction of sp³-hybridized carbons (Fsp3) is 0.318. The van der Waals surface area contributed by atoms with Gasteiger partial charge in [0.05, 0.1) is 11.4 Å². The molecule has 0 unspecified atom stereocenters. The Bertz CT molecular complexity index is 1400. The number of benzene rings is 1. The molecular formula is C22H22ClFN6O2S2. The number of aliphatic imine (C=N–C) groups is 1. The second kappa shape index (κ2) is 8.88. The van der Waals surface area contributed by atoms with Crippen molar-refractivity contribution in [2.24, 2.45) is 12.0 Å². The van der Waals surface area contributed by atoms with Gasteiger partial charge in [-0.1, -0.05) is 17.7 Å². The molecule has 2 atom stereocenters. The monoisotopic (exact) mass is 520 g/mol. The van der Waals surface area contributed by atoms with Gasteiger partial charge in [-0.25, -0.2) is 22.5 Å². The first-order valence-corrected chi connectivity index (χ1v) is 13.6. The van der Waals surface area contributed by atoms with Crippen LogP contribution in [0.25, 0.3) is 5.57 Å². The van der Waals surface area contributed by atoms with Crippen LogP contribution in [0.3, 0.4) is 0 Å². The number of fused-ring (bicyclic) bond motifs is 1. The standard InChI is InChI=1S/C22H22ClFN6O2S2/c1-3-34(31,32)28-14-11-18-19(17-6-8-29(2)27-17)20(15-5-4-13(24)10-16(15)23)26-21(30(18)12-14)22-25-7-9-33-22/h4-10,14,20,28H,3,11-12H2,1-2H3/t14-,20-/m0/s1. The molecule has 5 rings (SSSR count). The maximum atomic E-state index is 13.9. The number of thiazole rings is 1. The Labute approximate surface area is 205 Å². The highest BCUT2D eigenvalue weighted by atomic mass is 35.5. The second-order valence-electron chi connectivity index (χ2n) is 8.13. The number of sulfonamides is 1. The van der Waals surface area contributed by atoms with E-state index in [1.807, 2.05) is 29.6 Å². The highest BCUT2D eigenvalue weighted by molar-refractivity contribution is 7.89. The summed E-state index contributed by atoms with van der Waals surface area (Å²) < 4.78 is 43.0. The average molecular weight is 521 g/mol. The summed E-state index contributed by atoms with van der Waals surface area (Å²) in [5.41, 5.74) is 3.05. The summed E-state index contributed by atoms with van der Waals surface area (Å²) in [7, 11) is -1.58. The van der Waals surface area contributed by atoms with E-state index in [4.69, 9.17) is 16.6 Å². The maximum absolute atomic E-state index is 13.9. The van der Waals surface area contributed by atoms with Crippen LogP contribution in [0.2, 0.25) is 5.02 Å². The Kier molecular flexibility index (Phi) is 6.05. The fourth-order valence-electron chi connectivity index (χ4n) is 4.34. The number of hydrogen-bond donors (Lipinski definition) is 1. The minimum atomic E-state index is -3.41. The zero-order chi connectivity index (χ0) is 24.0. The minimum Gasteiger partial charge on any atom is -0.326 e. The van der Waals surface area contributed by atoms with Gasteiger partial charge in [-0.3, -0.25) is 9.67 Å². The van der Waals surface area contributed by atoms with E-state index in [1.54, 1.807) is 23.9 Å². The third-order valence-corrected chi connectivity index (χ3v) is 8.41. The highest BCUT2D eigenvalue weighted by Crippen LogP contribution is 2.46. The second-order valence-corrected chi connectivity index (χ2v) is 11.5. The Morgan fingerprint density at radius 3 is 2.79 bits per heavy atom. The van der Waals surface area contributed by atoms with Crippen LogP contribution in [0.1, 0.15) is 35.7 Å². The highest BCUT2D eigenvalue weighted by Gasteiger charge is 2.41. The normalized spacial score (nSPS) is 20.6. The SMILES string of the molecule is CCS(=O)(=O)N[C@H]1CC2=C(c3ccn(C)n3)[C@H](c3ccc(F)cc3Cl)N=C(c3nccs3)N2C1. The molecule has 0 spiro atoms. The Morgan fingerprint density at radius 2 is 2.15 bits per heavy atom. The molecule has 4 heterocycles. The largest absolute Gasteiger partial charge is 0.326 e. The number of nitrogens with zero attached hydrogens (tertiary/aromatic N) is 5. The van der Waals surface area contributed by atoms with Crippen molar-refractivity contribution in [1.29, 1.82) is 0 Å². The van der Waals surface area contributed by atoms with E-state index in [2.05, 4.69) is 14.8 Å². The first-order chi connectivity index (χ1) is 16.3. The van der Waals surface area contributed by atoms with Crippen LogP contribution in [0.4, 0.5) is 4.39 Å². The third kappa shape index (κ3) is 4.28. The van der Waals surface area contributed by atoms with Crippen LogP contribution in [-0.2, 0) is 17.1 Å². The Balaban J connectivity index is 1.70. The molecule has 2 aliphatic heterocycles. The van der Waals surface area contributed by atoms with Crippen LogP contribution >= 0.6 is 22.9 Å². The molecule has 0 amide bonds. The molecule has 8 nitrogen and oxygen atoms in total. The predicted octanol–water partition coefficient (Wildman–Crippen LogP) is 3.60. The molecule has 2 aliphatic rings. The maximum Gasteiger partial charge on any atom is 0.211 e. The van der Waals surface area contributed by atoms with Crippen molar-refractivity contribution in [1.82, 2.24) is 24.4 Å². The summed E-state index contributed by atoms with van der Waals surface area (Å²) >= 11 is 7.94. The van der Waals surface area contributed by atoms with E-state index >= 15 is 0 Å². The molecule has 1 aromatic carbocycles. The lowest BCUT2D eigenvalue weighted by atomic mass is 9.92. The summed E-state index contributed by atoms with van der Waals surface area (Å²) in [4.78, 5) is 11.5. The van der Waals surface area contributed by atoms with E-state index in [0.717, 1.165) is 11.3 Å². The first kappa shape index (κ1) is 23.2. The van der Waals surface area contributed by atoms with E-state index in [9.17, 15) is 12.8 Å². The molecule has 1 N–H and O–H groups in total. The molecule has 34 heavy (non-hydrogen) atoms. The number of aromatic nitrogens is 3. The van der Waals surface area contributed by atoms with Gasteiger partial charge < -0.3 is 4.90 Å². The van der Waals surface area contributed by atoms with Crippen molar-refractivity contribution in [3.8, 4) is 0 Å². The van der Waals surface area contributed by atoms with Gasteiger partial charge in [0.15, 0.2) is 10.8 Å². The van der Waals surface area contributed by atoms with Crippen molar-refractivity contribution in [2.45, 2.75) is 25.4 Å². The van der Waals surface area contributed by atoms with Gasteiger partial charge in [0, 0.05) is 65.7 Å². The average Bonchev–Trinajstić information content (AvgIpc) is 3.53. The molecule has 1 fully saturated rings. The molecule has 0 radical (unpaired) electrons. The zero-order valence-electron chi connectivity index (χ0n) is 18.4. The lowest BCUT2D eigenvalue weighted by Crippen LogP contribution is -2.39. The number of amidine groups is 1. The molecule has 178 valence electrons. The predicted molar refractivity (Wildman–Crippen MR) is 131 cm³/mol. The molecule has 0 aliphatic carbocycles. The number of rotatable bonds is 6. The molecule has 0 bridgehead atoms. The number of halogens is 2. The van der Waals surface area contributed by atoms with Crippen molar-refractivity contribution in [3.63, 3.8) is 0 Å². The van der Waals surface area contributed by atoms with Crippen molar-refractivity contribution in [3.05, 3.63) is 74.8 Å². The van der Waals surface area contributed by atoms with Gasteiger partial charge in [0.1, 0.15) is 11.9 Å².